The van der Waals surface area contributed by atoms with Crippen molar-refractivity contribution in [3.05, 3.63) is 11.6 Å². The molecule has 20 heavy (non-hydrogen) atoms. The lowest BCUT2D eigenvalue weighted by Crippen LogP contribution is -2.46. The summed E-state index contributed by atoms with van der Waals surface area (Å²) in [5.74, 6) is 0. The molecular formula is C14H22O6. The minimum absolute atomic E-state index is 0.543. The summed E-state index contributed by atoms with van der Waals surface area (Å²) in [6, 6.07) is 0. The lowest BCUT2D eigenvalue weighted by atomic mass is 9.86. The molecule has 0 saturated carbocycles. The summed E-state index contributed by atoms with van der Waals surface area (Å²) in [6.07, 6.45) is 2.57. The van der Waals surface area contributed by atoms with Gasteiger partial charge in [0, 0.05) is 0 Å². The first-order valence-electron chi connectivity index (χ1n) is 6.58. The molecule has 0 saturated heterocycles. The van der Waals surface area contributed by atoms with Crippen molar-refractivity contribution in [1.29, 1.82) is 0 Å². The monoisotopic (exact) mass is 286 g/mol. The molecule has 0 aromatic heterocycles. The van der Waals surface area contributed by atoms with Crippen molar-refractivity contribution in [2.24, 2.45) is 0 Å². The second-order valence-corrected chi connectivity index (χ2v) is 5.06. The van der Waals surface area contributed by atoms with Gasteiger partial charge in [-0.25, -0.2) is 9.59 Å². The molecule has 0 radical (unpaired) electrons. The summed E-state index contributed by atoms with van der Waals surface area (Å²) >= 11 is 0. The average Bonchev–Trinajstić information content (AvgIpc) is 2.41. The van der Waals surface area contributed by atoms with E-state index >= 15 is 0 Å². The van der Waals surface area contributed by atoms with Crippen LogP contribution in [0.4, 0.5) is 9.59 Å². The molecule has 2 atom stereocenters. The molecule has 0 spiro atoms. The lowest BCUT2D eigenvalue weighted by molar-refractivity contribution is -0.109. The number of methoxy groups -OCH3 is 2. The molecule has 1 aliphatic rings. The Morgan fingerprint density at radius 2 is 1.90 bits per heavy atom. The Labute approximate surface area is 119 Å². The van der Waals surface area contributed by atoms with E-state index < -0.39 is 24.0 Å². The Balaban J connectivity index is 2.91. The van der Waals surface area contributed by atoms with E-state index in [2.05, 4.69) is 15.5 Å². The minimum Gasteiger partial charge on any atom is -0.438 e. The fraction of sp³-hybridized carbons (Fsp3) is 0.714. The summed E-state index contributed by atoms with van der Waals surface area (Å²) in [5, 5.41) is 0. The quantitative estimate of drug-likeness (QED) is 0.573. The van der Waals surface area contributed by atoms with Crippen LogP contribution in [0.3, 0.4) is 0 Å². The van der Waals surface area contributed by atoms with Crippen LogP contribution < -0.4 is 0 Å². The van der Waals surface area contributed by atoms with Crippen molar-refractivity contribution in [2.45, 2.75) is 51.2 Å². The number of hydrogen-bond acceptors (Lipinski definition) is 6. The van der Waals surface area contributed by atoms with Gasteiger partial charge in [0.25, 0.3) is 0 Å². The average molecular weight is 286 g/mol. The van der Waals surface area contributed by atoms with Crippen LogP contribution in [0.1, 0.15) is 39.5 Å². The molecule has 114 valence electrons. The molecule has 2 unspecified atom stereocenters. The van der Waals surface area contributed by atoms with Crippen molar-refractivity contribution < 1.29 is 28.5 Å². The van der Waals surface area contributed by atoms with Gasteiger partial charge in [0.1, 0.15) is 6.10 Å². The van der Waals surface area contributed by atoms with Gasteiger partial charge in [-0.3, -0.25) is 0 Å². The third-order valence-electron chi connectivity index (χ3n) is 3.50. The predicted molar refractivity (Wildman–Crippen MR) is 71.4 cm³/mol. The maximum absolute atomic E-state index is 11.4. The molecule has 0 aromatic rings. The lowest BCUT2D eigenvalue weighted by Gasteiger charge is -2.36. The summed E-state index contributed by atoms with van der Waals surface area (Å²) in [4.78, 5) is 22.8. The van der Waals surface area contributed by atoms with Crippen LogP contribution in [0, 0.1) is 0 Å². The molecule has 0 amide bonds. The number of carbonyl (C=O) groups is 2. The third kappa shape index (κ3) is 4.43. The van der Waals surface area contributed by atoms with Crippen molar-refractivity contribution >= 4 is 12.3 Å². The largest absolute Gasteiger partial charge is 0.508 e. The normalized spacial score (nSPS) is 29.2. The van der Waals surface area contributed by atoms with Gasteiger partial charge in [-0.2, -0.15) is 0 Å². The van der Waals surface area contributed by atoms with Crippen LogP contribution in [0.25, 0.3) is 0 Å². The molecule has 0 N–H and O–H groups in total. The van der Waals surface area contributed by atoms with Crippen LogP contribution in [0.5, 0.6) is 0 Å². The molecule has 0 fully saturated rings. The number of carbonyl (C=O) groups excluding carboxylic acids is 2. The van der Waals surface area contributed by atoms with Crippen LogP contribution in [0.2, 0.25) is 0 Å². The maximum Gasteiger partial charge on any atom is 0.508 e. The zero-order valence-electron chi connectivity index (χ0n) is 12.4. The fourth-order valence-corrected chi connectivity index (χ4v) is 2.23. The fourth-order valence-electron chi connectivity index (χ4n) is 2.23. The van der Waals surface area contributed by atoms with Crippen molar-refractivity contribution in [3.63, 3.8) is 0 Å². The summed E-state index contributed by atoms with van der Waals surface area (Å²) in [6.45, 7) is 3.77. The van der Waals surface area contributed by atoms with Gasteiger partial charge in [-0.15, -0.1) is 0 Å². The first kappa shape index (κ1) is 16.3. The topological polar surface area (TPSA) is 71.1 Å². The number of hydrogen-bond donors (Lipinski definition) is 0. The van der Waals surface area contributed by atoms with Crippen molar-refractivity contribution in [1.82, 2.24) is 0 Å². The van der Waals surface area contributed by atoms with Gasteiger partial charge in [0.05, 0.1) is 14.2 Å². The van der Waals surface area contributed by atoms with Gasteiger partial charge in [0.15, 0.2) is 5.60 Å². The zero-order valence-corrected chi connectivity index (χ0v) is 12.4. The van der Waals surface area contributed by atoms with E-state index in [-0.39, 0.29) is 0 Å². The molecule has 0 bridgehead atoms. The van der Waals surface area contributed by atoms with E-state index in [1.807, 2.05) is 6.92 Å². The van der Waals surface area contributed by atoms with Crippen LogP contribution >= 0.6 is 0 Å². The number of ether oxygens (including phenoxy) is 4. The van der Waals surface area contributed by atoms with Crippen molar-refractivity contribution in [2.75, 3.05) is 14.2 Å². The van der Waals surface area contributed by atoms with Gasteiger partial charge in [-0.1, -0.05) is 11.6 Å². The SMILES string of the molecule is COC(=O)OC1CC/C(C)=C\CCC1(C)OC(=O)OC. The second kappa shape index (κ2) is 7.17. The molecule has 0 heterocycles. The van der Waals surface area contributed by atoms with E-state index in [1.165, 1.54) is 19.8 Å². The molecule has 1 rings (SSSR count). The van der Waals surface area contributed by atoms with E-state index in [0.717, 1.165) is 12.8 Å². The smallest absolute Gasteiger partial charge is 0.438 e. The molecule has 0 aliphatic heterocycles. The predicted octanol–water partition coefficient (Wildman–Crippen LogP) is 3.20. The summed E-state index contributed by atoms with van der Waals surface area (Å²) in [5.41, 5.74) is 0.293. The number of rotatable bonds is 2. The van der Waals surface area contributed by atoms with E-state index in [9.17, 15) is 9.59 Å². The standard InChI is InChI=1S/C14H22O6/c1-10-6-5-9-14(2,20-13(16)18-4)11(8-7-10)19-12(15)17-3/h6,11H,5,7-9H2,1-4H3/b10-6-. The maximum atomic E-state index is 11.4. The van der Waals surface area contributed by atoms with Crippen LogP contribution in [-0.4, -0.2) is 38.2 Å². The summed E-state index contributed by atoms with van der Waals surface area (Å²) in [7, 11) is 2.49. The summed E-state index contributed by atoms with van der Waals surface area (Å²) < 4.78 is 19.7. The first-order chi connectivity index (χ1) is 9.41. The highest BCUT2D eigenvalue weighted by atomic mass is 16.8. The highest BCUT2D eigenvalue weighted by Crippen LogP contribution is 2.32. The first-order valence-corrected chi connectivity index (χ1v) is 6.58. The Bertz CT molecular complexity index is 389. The zero-order chi connectivity index (χ0) is 15.2. The van der Waals surface area contributed by atoms with Gasteiger partial charge >= 0.3 is 12.3 Å². The van der Waals surface area contributed by atoms with Gasteiger partial charge < -0.3 is 18.9 Å². The Morgan fingerprint density at radius 3 is 2.50 bits per heavy atom. The molecule has 6 heteroatoms. The Morgan fingerprint density at radius 1 is 1.25 bits per heavy atom. The van der Waals surface area contributed by atoms with Crippen LogP contribution in [-0.2, 0) is 18.9 Å². The minimum atomic E-state index is -0.932. The second-order valence-electron chi connectivity index (χ2n) is 5.06. The number of allylic oxidation sites excluding steroid dienone is 2. The van der Waals surface area contributed by atoms with Gasteiger partial charge in [-0.05, 0) is 39.5 Å². The molecule has 1 aliphatic carbocycles. The molecule has 6 nitrogen and oxygen atoms in total. The van der Waals surface area contributed by atoms with E-state index in [1.54, 1.807) is 6.92 Å². The molecule has 0 aromatic carbocycles. The van der Waals surface area contributed by atoms with Crippen LogP contribution in [0.15, 0.2) is 11.6 Å². The Kier molecular flexibility index (Phi) is 5.85. The molecular weight excluding hydrogens is 264 g/mol. The highest BCUT2D eigenvalue weighted by Gasteiger charge is 2.41. The van der Waals surface area contributed by atoms with E-state index in [0.29, 0.717) is 12.8 Å². The third-order valence-corrected chi connectivity index (χ3v) is 3.50. The van der Waals surface area contributed by atoms with Crippen molar-refractivity contribution in [3.8, 4) is 0 Å². The van der Waals surface area contributed by atoms with E-state index in [4.69, 9.17) is 9.47 Å². The van der Waals surface area contributed by atoms with Gasteiger partial charge in [0.2, 0.25) is 0 Å². The Hall–Kier alpha value is -1.72. The highest BCUT2D eigenvalue weighted by molar-refractivity contribution is 5.61.